The molecule has 0 spiro atoms. The van der Waals surface area contributed by atoms with Gasteiger partial charge in [-0.1, -0.05) is 26.3 Å². The Morgan fingerprint density at radius 2 is 1.24 bits per heavy atom. The lowest BCUT2D eigenvalue weighted by Crippen LogP contribution is -2.58. The van der Waals surface area contributed by atoms with Crippen molar-refractivity contribution >= 4 is 48.3 Å². The van der Waals surface area contributed by atoms with Crippen molar-refractivity contribution in [1.29, 1.82) is 0 Å². The highest BCUT2D eigenvalue weighted by molar-refractivity contribution is 6.90. The van der Waals surface area contributed by atoms with Crippen molar-refractivity contribution in [3.63, 3.8) is 0 Å². The van der Waals surface area contributed by atoms with E-state index >= 15 is 0 Å². The Balaban J connectivity index is 4.75. The third kappa shape index (κ3) is 18.1. The molecule has 2 atom stereocenters. The number of ether oxygens (including phenoxy) is 2. The fourth-order valence-corrected chi connectivity index (χ4v) is 29.3. The normalized spacial score (nSPS) is 15.4. The van der Waals surface area contributed by atoms with Crippen molar-refractivity contribution in [3.05, 3.63) is 12.7 Å². The predicted octanol–water partition coefficient (Wildman–Crippen LogP) is 6.25. The van der Waals surface area contributed by atoms with E-state index in [0.717, 1.165) is 24.6 Å². The van der Waals surface area contributed by atoms with Gasteiger partial charge in [0, 0.05) is 12.7 Å². The van der Waals surface area contributed by atoms with Gasteiger partial charge in [0.2, 0.25) is 0 Å². The predicted molar refractivity (Wildman–Crippen MR) is 163 cm³/mol. The van der Waals surface area contributed by atoms with E-state index in [1.165, 1.54) is 12.8 Å². The van der Waals surface area contributed by atoms with E-state index in [4.69, 9.17) is 25.9 Å². The molecule has 2 unspecified atom stereocenters. The zero-order valence-electron chi connectivity index (χ0n) is 25.7. The molecule has 0 amide bonds. The van der Waals surface area contributed by atoms with Crippen molar-refractivity contribution in [2.45, 2.75) is 123 Å². The summed E-state index contributed by atoms with van der Waals surface area (Å²) in [5.74, 6) is -0.558. The smallest absolute Gasteiger partial charge is 0.330 e. The molecule has 37 heavy (non-hydrogen) atoms. The topological polar surface area (TPSA) is 92.7 Å². The zero-order valence-corrected chi connectivity index (χ0v) is 30.7. The van der Waals surface area contributed by atoms with Crippen molar-refractivity contribution in [3.8, 4) is 0 Å². The number of hydrogen-bond acceptors (Lipinski definition) is 8. The van der Waals surface area contributed by atoms with E-state index in [9.17, 15) is 9.90 Å². The number of carbonyl (C=O) groups is 1. The first kappa shape index (κ1) is 37.1. The van der Waals surface area contributed by atoms with Gasteiger partial charge in [-0.2, -0.15) is 0 Å². The van der Waals surface area contributed by atoms with Gasteiger partial charge in [-0.25, -0.2) is 4.79 Å². The van der Waals surface area contributed by atoms with Gasteiger partial charge in [-0.15, -0.1) is 0 Å². The summed E-state index contributed by atoms with van der Waals surface area (Å²) in [5.41, 5.74) is 0. The van der Waals surface area contributed by atoms with Crippen LogP contribution in [0, 0.1) is 0 Å². The first-order chi connectivity index (χ1) is 16.6. The molecule has 0 aliphatic heterocycles. The Morgan fingerprint density at radius 3 is 1.68 bits per heavy atom. The second kappa shape index (κ2) is 15.7. The molecule has 0 saturated carbocycles. The molecule has 0 bridgehead atoms. The van der Waals surface area contributed by atoms with E-state index in [0.29, 0.717) is 6.61 Å². The van der Waals surface area contributed by atoms with Crippen LogP contribution in [0.3, 0.4) is 0 Å². The number of carbonyl (C=O) groups excluding carboxylic acids is 1. The molecule has 0 aromatic rings. The summed E-state index contributed by atoms with van der Waals surface area (Å²) < 4.78 is 37.3. The number of hydrogen-bond donors (Lipinski definition) is 1. The second-order valence-electron chi connectivity index (χ2n) is 12.3. The molecule has 0 aromatic carbocycles. The van der Waals surface area contributed by atoms with E-state index in [1.54, 1.807) is 6.92 Å². The summed E-state index contributed by atoms with van der Waals surface area (Å²) in [6, 6.07) is 2.06. The number of esters is 1. The van der Waals surface area contributed by atoms with Gasteiger partial charge < -0.3 is 31.0 Å². The third-order valence-corrected chi connectivity index (χ3v) is 24.9. The lowest BCUT2D eigenvalue weighted by Gasteiger charge is -2.42. The van der Waals surface area contributed by atoms with Gasteiger partial charge in [0.25, 0.3) is 0 Å². The van der Waals surface area contributed by atoms with Crippen LogP contribution in [0.25, 0.3) is 0 Å². The van der Waals surface area contributed by atoms with Crippen LogP contribution in [0.5, 0.6) is 0 Å². The van der Waals surface area contributed by atoms with E-state index in [1.807, 2.05) is 0 Å². The van der Waals surface area contributed by atoms with Crippen molar-refractivity contribution < 1.29 is 35.8 Å². The van der Waals surface area contributed by atoms with Crippen LogP contribution in [-0.2, 0) is 30.7 Å². The quantitative estimate of drug-likeness (QED) is 0.0746. The van der Waals surface area contributed by atoms with E-state index in [2.05, 4.69) is 79.0 Å². The maximum Gasteiger partial charge on any atom is 0.330 e. The average molecular weight is 613 g/mol. The van der Waals surface area contributed by atoms with Gasteiger partial charge in [0.1, 0.15) is 12.7 Å². The van der Waals surface area contributed by atoms with E-state index < -0.39 is 60.5 Å². The van der Waals surface area contributed by atoms with Crippen molar-refractivity contribution in [1.82, 2.24) is 0 Å². The molecule has 0 aliphatic carbocycles. The number of unbranched alkanes of at least 4 members (excludes halogenated alkanes) is 1. The number of aliphatic hydroxyl groups excluding tert-OH is 1. The third-order valence-electron chi connectivity index (χ3n) is 5.57. The summed E-state index contributed by atoms with van der Waals surface area (Å²) in [7, 11) is -11.0. The van der Waals surface area contributed by atoms with Crippen LogP contribution in [-0.4, -0.2) is 78.8 Å². The fourth-order valence-electron chi connectivity index (χ4n) is 4.52. The van der Waals surface area contributed by atoms with Crippen LogP contribution in [0.2, 0.25) is 77.6 Å². The molecule has 0 saturated heterocycles. The number of aliphatic hydroxyl groups is 1. The number of rotatable bonds is 20. The average Bonchev–Trinajstić information content (AvgIpc) is 2.69. The fraction of sp³-hybridized carbons (Fsp3) is 0.875. The monoisotopic (exact) mass is 612 g/mol. The maximum atomic E-state index is 11.2. The molecule has 0 aromatic heterocycles. The molecule has 220 valence electrons. The SMILES string of the molecule is C=CC(=O)OCC(O)C(C)OCCC[Si](C)(C)O[Si](C)(C)O[Si](C)(C)O[Si](C)(C)O[Si](C)(C)CCCC. The van der Waals surface area contributed by atoms with Gasteiger partial charge in [-0.3, -0.25) is 0 Å². The Kier molecular flexibility index (Phi) is 15.8. The van der Waals surface area contributed by atoms with E-state index in [-0.39, 0.29) is 6.61 Å². The van der Waals surface area contributed by atoms with Crippen LogP contribution in [0.4, 0.5) is 0 Å². The summed E-state index contributed by atoms with van der Waals surface area (Å²) in [4.78, 5) is 11.2. The van der Waals surface area contributed by atoms with Crippen molar-refractivity contribution in [2.75, 3.05) is 13.2 Å². The lowest BCUT2D eigenvalue weighted by atomic mass is 10.2. The molecule has 0 heterocycles. The largest absolute Gasteiger partial charge is 0.460 e. The molecular weight excluding hydrogens is 557 g/mol. The highest BCUT2D eigenvalue weighted by Crippen LogP contribution is 2.28. The molecule has 13 heteroatoms. The first-order valence-electron chi connectivity index (χ1n) is 13.5. The van der Waals surface area contributed by atoms with Crippen LogP contribution >= 0.6 is 0 Å². The molecular formula is C24H56O8Si5. The Morgan fingerprint density at radius 1 is 0.811 bits per heavy atom. The Hall–Kier alpha value is 0.0544. The molecule has 0 aliphatic rings. The minimum atomic E-state index is -2.47. The van der Waals surface area contributed by atoms with Gasteiger partial charge in [0.15, 0.2) is 16.6 Å². The highest BCUT2D eigenvalue weighted by Gasteiger charge is 2.45. The summed E-state index contributed by atoms with van der Waals surface area (Å²) in [6.45, 7) is 29.4. The minimum Gasteiger partial charge on any atom is -0.460 e. The standard InChI is InChI=1S/C24H56O8Si5/c1-14-16-19-33(4,5)29-35(8,9)31-37(12,13)32-36(10,11)30-34(6,7)20-17-18-27-22(3)23(25)21-28-24(26)15-2/h15,22-23,25H,2,14,16-21H2,1,3-13H3. The summed E-state index contributed by atoms with van der Waals surface area (Å²) >= 11 is 0. The Bertz CT molecular complexity index is 701. The second-order valence-corrected chi connectivity index (χ2v) is 32.0. The van der Waals surface area contributed by atoms with Crippen LogP contribution in [0.1, 0.15) is 33.1 Å². The van der Waals surface area contributed by atoms with Crippen LogP contribution < -0.4 is 0 Å². The van der Waals surface area contributed by atoms with Gasteiger partial charge in [0.05, 0.1) is 6.10 Å². The minimum absolute atomic E-state index is 0.114. The molecule has 1 N–H and O–H groups in total. The molecule has 0 radical (unpaired) electrons. The molecule has 0 rings (SSSR count). The maximum absolute atomic E-state index is 11.2. The van der Waals surface area contributed by atoms with Crippen molar-refractivity contribution in [2.24, 2.45) is 0 Å². The first-order valence-corrected chi connectivity index (χ1v) is 28.2. The highest BCUT2D eigenvalue weighted by atomic mass is 28.5. The summed E-state index contributed by atoms with van der Waals surface area (Å²) in [6.07, 6.45) is 2.95. The lowest BCUT2D eigenvalue weighted by molar-refractivity contribution is -0.144. The van der Waals surface area contributed by atoms with Gasteiger partial charge in [-0.05, 0) is 90.9 Å². The zero-order chi connectivity index (χ0) is 29.1. The van der Waals surface area contributed by atoms with Crippen LogP contribution in [0.15, 0.2) is 12.7 Å². The van der Waals surface area contributed by atoms with Gasteiger partial charge >= 0.3 is 31.7 Å². The molecule has 0 fully saturated rings. The summed E-state index contributed by atoms with van der Waals surface area (Å²) in [5, 5.41) is 10.1. The Labute approximate surface area is 232 Å². The molecule has 8 nitrogen and oxygen atoms in total.